The van der Waals surface area contributed by atoms with Crippen molar-refractivity contribution in [2.75, 3.05) is 41.0 Å². The molecule has 0 aromatic heterocycles. The van der Waals surface area contributed by atoms with Crippen LogP contribution in [0.15, 0.2) is 53.5 Å². The van der Waals surface area contributed by atoms with Gasteiger partial charge in [-0.3, -0.25) is 4.99 Å². The molecule has 5 nitrogen and oxygen atoms in total. The van der Waals surface area contributed by atoms with Gasteiger partial charge in [-0.05, 0) is 31.4 Å². The minimum absolute atomic E-state index is 0. The van der Waals surface area contributed by atoms with Gasteiger partial charge in [0.05, 0.1) is 7.11 Å². The summed E-state index contributed by atoms with van der Waals surface area (Å²) in [5, 5.41) is 3.63. The quantitative estimate of drug-likeness (QED) is 0.347. The number of halogens is 1. The molecule has 0 amide bonds. The van der Waals surface area contributed by atoms with E-state index in [1.165, 1.54) is 16.7 Å². The number of nitrogens with zero attached hydrogens (tertiary/aromatic N) is 2. The highest BCUT2D eigenvalue weighted by Gasteiger charge is 2.37. The molecule has 0 unspecified atom stereocenters. The van der Waals surface area contributed by atoms with Gasteiger partial charge in [0.25, 0.3) is 0 Å². The predicted molar refractivity (Wildman–Crippen MR) is 134 cm³/mol. The van der Waals surface area contributed by atoms with Crippen LogP contribution in [0.1, 0.15) is 29.5 Å². The van der Waals surface area contributed by atoms with Gasteiger partial charge in [0.2, 0.25) is 0 Å². The van der Waals surface area contributed by atoms with E-state index in [1.807, 2.05) is 13.1 Å². The fourth-order valence-electron chi connectivity index (χ4n) is 4.10. The largest absolute Gasteiger partial charge is 0.496 e. The second-order valence-corrected chi connectivity index (χ2v) is 7.84. The van der Waals surface area contributed by atoms with Crippen LogP contribution in [-0.2, 0) is 16.7 Å². The average Bonchev–Trinajstić information content (AvgIpc) is 2.75. The standard InChI is InChI=1S/C24H33N3O2.HI/c1-19-10-11-22(28-4)21(16-19)24(12-14-29-15-13-24)18-26-23(25-2)27(3)17-20-8-6-5-7-9-20;/h5-11,16H,12-15,17-18H2,1-4H3,(H,25,26);1H. The van der Waals surface area contributed by atoms with Crippen molar-refractivity contribution in [2.45, 2.75) is 31.7 Å². The molecule has 0 spiro atoms. The number of ether oxygens (including phenoxy) is 2. The summed E-state index contributed by atoms with van der Waals surface area (Å²) in [5.74, 6) is 1.85. The van der Waals surface area contributed by atoms with Crippen molar-refractivity contribution in [2.24, 2.45) is 4.99 Å². The van der Waals surface area contributed by atoms with Crippen LogP contribution in [0.25, 0.3) is 0 Å². The number of hydrogen-bond acceptors (Lipinski definition) is 3. The Morgan fingerprint density at radius 1 is 1.17 bits per heavy atom. The molecule has 1 aliphatic heterocycles. The van der Waals surface area contributed by atoms with Crippen LogP contribution < -0.4 is 10.1 Å². The van der Waals surface area contributed by atoms with Crippen molar-refractivity contribution in [3.63, 3.8) is 0 Å². The van der Waals surface area contributed by atoms with E-state index in [4.69, 9.17) is 9.47 Å². The Bertz CT molecular complexity index is 820. The monoisotopic (exact) mass is 523 g/mol. The normalized spacial score (nSPS) is 15.8. The Kier molecular flexibility index (Phi) is 9.42. The van der Waals surface area contributed by atoms with E-state index >= 15 is 0 Å². The third-order valence-corrected chi connectivity index (χ3v) is 5.80. The van der Waals surface area contributed by atoms with Crippen LogP contribution in [0.5, 0.6) is 5.75 Å². The van der Waals surface area contributed by atoms with Crippen LogP contribution in [0.4, 0.5) is 0 Å². The summed E-state index contributed by atoms with van der Waals surface area (Å²) in [6, 6.07) is 16.9. The second-order valence-electron chi connectivity index (χ2n) is 7.84. The van der Waals surface area contributed by atoms with E-state index in [0.717, 1.165) is 50.9 Å². The van der Waals surface area contributed by atoms with Gasteiger partial charge in [-0.2, -0.15) is 0 Å². The Hall–Kier alpha value is -1.80. The summed E-state index contributed by atoms with van der Waals surface area (Å²) < 4.78 is 11.4. The molecule has 1 aliphatic rings. The van der Waals surface area contributed by atoms with E-state index in [-0.39, 0.29) is 29.4 Å². The predicted octanol–water partition coefficient (Wildman–Crippen LogP) is 4.38. The molecule has 0 saturated carbocycles. The van der Waals surface area contributed by atoms with E-state index in [2.05, 4.69) is 71.6 Å². The maximum Gasteiger partial charge on any atom is 0.193 e. The molecule has 2 aromatic rings. The summed E-state index contributed by atoms with van der Waals surface area (Å²) in [7, 11) is 5.67. The van der Waals surface area contributed by atoms with Gasteiger partial charge in [-0.1, -0.05) is 48.0 Å². The van der Waals surface area contributed by atoms with E-state index < -0.39 is 0 Å². The Balaban J connectivity index is 0.00000320. The topological polar surface area (TPSA) is 46.1 Å². The molecule has 0 atom stereocenters. The van der Waals surface area contributed by atoms with Gasteiger partial charge < -0.3 is 19.7 Å². The zero-order valence-electron chi connectivity index (χ0n) is 18.5. The summed E-state index contributed by atoms with van der Waals surface area (Å²) >= 11 is 0. The van der Waals surface area contributed by atoms with Crippen LogP contribution in [0.2, 0.25) is 0 Å². The number of hydrogen-bond donors (Lipinski definition) is 1. The number of methoxy groups -OCH3 is 1. The SMILES string of the molecule is CN=C(NCC1(c2cc(C)ccc2OC)CCOCC1)N(C)Cc1ccccc1.I. The fourth-order valence-corrected chi connectivity index (χ4v) is 4.10. The van der Waals surface area contributed by atoms with Gasteiger partial charge in [-0.25, -0.2) is 0 Å². The summed E-state index contributed by atoms with van der Waals surface area (Å²) in [6.45, 7) is 5.26. The average molecular weight is 523 g/mol. The molecular formula is C24H34IN3O2. The zero-order chi connectivity index (χ0) is 20.7. The first-order valence-electron chi connectivity index (χ1n) is 10.3. The number of nitrogens with one attached hydrogen (secondary N) is 1. The third kappa shape index (κ3) is 5.88. The molecule has 1 saturated heterocycles. The summed E-state index contributed by atoms with van der Waals surface area (Å²) in [5.41, 5.74) is 3.73. The van der Waals surface area contributed by atoms with Crippen molar-refractivity contribution in [1.29, 1.82) is 0 Å². The highest BCUT2D eigenvalue weighted by atomic mass is 127. The molecule has 3 rings (SSSR count). The number of aryl methyl sites for hydroxylation is 1. The number of benzene rings is 2. The van der Waals surface area contributed by atoms with Crippen LogP contribution in [-0.4, -0.2) is 51.8 Å². The minimum Gasteiger partial charge on any atom is -0.496 e. The van der Waals surface area contributed by atoms with Crippen molar-refractivity contribution in [3.05, 3.63) is 65.2 Å². The van der Waals surface area contributed by atoms with Crippen LogP contribution in [0, 0.1) is 6.92 Å². The maximum atomic E-state index is 5.73. The lowest BCUT2D eigenvalue weighted by atomic mass is 9.73. The van der Waals surface area contributed by atoms with Crippen molar-refractivity contribution >= 4 is 29.9 Å². The third-order valence-electron chi connectivity index (χ3n) is 5.80. The maximum absolute atomic E-state index is 5.73. The van der Waals surface area contributed by atoms with E-state index in [0.29, 0.717) is 0 Å². The lowest BCUT2D eigenvalue weighted by Gasteiger charge is -2.39. The zero-order valence-corrected chi connectivity index (χ0v) is 20.8. The van der Waals surface area contributed by atoms with Crippen LogP contribution >= 0.6 is 24.0 Å². The Morgan fingerprint density at radius 2 is 1.87 bits per heavy atom. The summed E-state index contributed by atoms with van der Waals surface area (Å²) in [4.78, 5) is 6.68. The fraction of sp³-hybridized carbons (Fsp3) is 0.458. The number of rotatable bonds is 6. The van der Waals surface area contributed by atoms with Gasteiger partial charge >= 0.3 is 0 Å². The minimum atomic E-state index is -0.0425. The van der Waals surface area contributed by atoms with Crippen LogP contribution in [0.3, 0.4) is 0 Å². The smallest absolute Gasteiger partial charge is 0.193 e. The highest BCUT2D eigenvalue weighted by molar-refractivity contribution is 14.0. The van der Waals surface area contributed by atoms with Crippen molar-refractivity contribution in [3.8, 4) is 5.75 Å². The number of guanidine groups is 1. The Labute approximate surface area is 197 Å². The van der Waals surface area contributed by atoms with E-state index in [1.54, 1.807) is 7.11 Å². The lowest BCUT2D eigenvalue weighted by molar-refractivity contribution is 0.0503. The first kappa shape index (κ1) is 24.5. The van der Waals surface area contributed by atoms with Gasteiger partial charge in [0.15, 0.2) is 5.96 Å². The molecule has 0 bridgehead atoms. The molecule has 1 heterocycles. The molecule has 30 heavy (non-hydrogen) atoms. The Morgan fingerprint density at radius 3 is 2.50 bits per heavy atom. The highest BCUT2D eigenvalue weighted by Crippen LogP contribution is 2.40. The molecule has 164 valence electrons. The van der Waals surface area contributed by atoms with E-state index in [9.17, 15) is 0 Å². The second kappa shape index (κ2) is 11.6. The first-order valence-corrected chi connectivity index (χ1v) is 10.3. The van der Waals surface area contributed by atoms with Crippen molar-refractivity contribution < 1.29 is 9.47 Å². The van der Waals surface area contributed by atoms with Crippen molar-refractivity contribution in [1.82, 2.24) is 10.2 Å². The van der Waals surface area contributed by atoms with Gasteiger partial charge in [-0.15, -0.1) is 24.0 Å². The van der Waals surface area contributed by atoms with Gasteiger partial charge in [0.1, 0.15) is 5.75 Å². The molecule has 6 heteroatoms. The molecule has 0 aliphatic carbocycles. The molecule has 2 aromatic carbocycles. The molecule has 1 fully saturated rings. The molecule has 0 radical (unpaired) electrons. The van der Waals surface area contributed by atoms with Gasteiger partial charge in [0, 0.05) is 51.4 Å². The number of aliphatic imine (C=N–C) groups is 1. The molecular weight excluding hydrogens is 489 g/mol. The lowest BCUT2D eigenvalue weighted by Crippen LogP contribution is -2.48. The molecule has 1 N–H and O–H groups in total. The summed E-state index contributed by atoms with van der Waals surface area (Å²) in [6.07, 6.45) is 1.92. The first-order chi connectivity index (χ1) is 14.1.